The van der Waals surface area contributed by atoms with Crippen LogP contribution in [0.4, 0.5) is 0 Å². The van der Waals surface area contributed by atoms with Gasteiger partial charge in [0, 0.05) is 61.4 Å². The van der Waals surface area contributed by atoms with Crippen LogP contribution in [0.2, 0.25) is 0 Å². The van der Waals surface area contributed by atoms with Crippen LogP contribution in [0.25, 0.3) is 291 Å². The first kappa shape index (κ1) is 84.5. The van der Waals surface area contributed by atoms with Gasteiger partial charge in [-0.3, -0.25) is 13.7 Å². The van der Waals surface area contributed by atoms with E-state index in [-0.39, 0.29) is 0 Å². The number of para-hydroxylation sites is 6. The Bertz CT molecular complexity index is 10700. The predicted octanol–water partition coefficient (Wildman–Crippen LogP) is 37.7. The summed E-state index contributed by atoms with van der Waals surface area (Å²) in [5, 5.41) is 29.0. The van der Waals surface area contributed by atoms with Crippen molar-refractivity contribution in [3.63, 3.8) is 0 Å². The van der Waals surface area contributed by atoms with E-state index in [0.717, 1.165) is 146 Å². The Morgan fingerprint density at radius 1 is 0.190 bits per heavy atom. The topological polar surface area (TPSA) is 92.9 Å². The molecule has 31 aromatic rings. The van der Waals surface area contributed by atoms with Crippen molar-refractivity contribution in [2.45, 2.75) is 20.3 Å². The van der Waals surface area contributed by atoms with Crippen molar-refractivity contribution in [3.8, 4) is 95.2 Å². The zero-order valence-electron chi connectivity index (χ0n) is 80.3. The highest BCUT2D eigenvalue weighted by atomic mass is 16.3. The van der Waals surface area contributed by atoms with Crippen LogP contribution < -0.4 is 0 Å². The van der Waals surface area contributed by atoms with Gasteiger partial charge in [0.25, 0.3) is 0 Å². The fraction of sp³-hybridized carbons (Fsp3) is 0.0217. The van der Waals surface area contributed by atoms with Crippen LogP contribution in [0.1, 0.15) is 18.6 Å². The molecular weight excluding hydrogens is 1790 g/mol. The maximum absolute atomic E-state index is 6.54. The van der Waals surface area contributed by atoms with Crippen molar-refractivity contribution >= 4 is 196 Å². The maximum atomic E-state index is 6.54. The van der Waals surface area contributed by atoms with Crippen molar-refractivity contribution in [1.82, 2.24) is 28.7 Å². The van der Waals surface area contributed by atoms with E-state index in [0.29, 0.717) is 0 Å². The smallest absolute Gasteiger partial charge is 0.145 e. The van der Waals surface area contributed by atoms with E-state index in [2.05, 4.69) is 495 Å². The molecule has 0 atom stereocenters. The van der Waals surface area contributed by atoms with Gasteiger partial charge in [-0.05, 0) is 298 Å². The fourth-order valence-electron chi connectivity index (χ4n) is 23.8. The molecule has 0 aliphatic carbocycles. The van der Waals surface area contributed by atoms with Crippen molar-refractivity contribution in [2.75, 3.05) is 0 Å². The predicted molar refractivity (Wildman–Crippen MR) is 615 cm³/mol. The fourth-order valence-corrected chi connectivity index (χ4v) is 23.8. The van der Waals surface area contributed by atoms with Crippen LogP contribution in [-0.4, -0.2) is 28.7 Å². The van der Waals surface area contributed by atoms with Gasteiger partial charge in [-0.1, -0.05) is 365 Å². The SMILES string of the molecule is CCc1nc2ccccc2n1-c1ccc(-c2c3ccccc3c(-c3ccc4c(c3)oc3ccc5ccccc5c34)c3ccccc23)cc1.Cc1nc2ccccc2n1-c1ccc(-c2c3ccccc3c(-c3ccc4c(c3)oc3ccc5ccccc5c34)c3ccccc23)cc1.c1ccc(-c2nc3ccccc3n2-c2ccc(-c3c4ccccc4c(-c4ccc5c(c4)oc4ccc6ccccc6c45)c4ccccc34)cc2)cc1. The molecule has 0 aliphatic heterocycles. The van der Waals surface area contributed by atoms with Crippen LogP contribution in [0.15, 0.2) is 499 Å². The van der Waals surface area contributed by atoms with Gasteiger partial charge in [0.1, 0.15) is 51.0 Å². The lowest BCUT2D eigenvalue weighted by molar-refractivity contribution is 0.669. The summed E-state index contributed by atoms with van der Waals surface area (Å²) in [4.78, 5) is 14.8. The van der Waals surface area contributed by atoms with Crippen LogP contribution in [0.3, 0.4) is 0 Å². The molecule has 0 spiro atoms. The molecule has 0 saturated carbocycles. The van der Waals surface area contributed by atoms with Crippen molar-refractivity contribution in [1.29, 1.82) is 0 Å². The summed E-state index contributed by atoms with van der Waals surface area (Å²) in [5.41, 5.74) is 30.6. The number of aryl methyl sites for hydroxylation is 2. The molecule has 0 fully saturated rings. The van der Waals surface area contributed by atoms with Gasteiger partial charge in [-0.25, -0.2) is 15.0 Å². The van der Waals surface area contributed by atoms with Gasteiger partial charge in [0.2, 0.25) is 0 Å². The van der Waals surface area contributed by atoms with Crippen LogP contribution in [0, 0.1) is 6.92 Å². The molecule has 688 valence electrons. The Hall–Kier alpha value is -19.4. The largest absolute Gasteiger partial charge is 0.456 e. The highest BCUT2D eigenvalue weighted by Gasteiger charge is 2.27. The lowest BCUT2D eigenvalue weighted by Crippen LogP contribution is -2.00. The van der Waals surface area contributed by atoms with Crippen LogP contribution in [-0.2, 0) is 6.42 Å². The molecule has 0 bridgehead atoms. The van der Waals surface area contributed by atoms with Gasteiger partial charge in [-0.15, -0.1) is 0 Å². The molecule has 0 radical (unpaired) electrons. The monoisotopic (exact) mass is 1880 g/mol. The first-order valence-corrected chi connectivity index (χ1v) is 50.4. The maximum Gasteiger partial charge on any atom is 0.145 e. The van der Waals surface area contributed by atoms with Gasteiger partial charge in [0.15, 0.2) is 0 Å². The van der Waals surface area contributed by atoms with E-state index in [1.165, 1.54) is 163 Å². The number of furan rings is 3. The molecule has 9 heteroatoms. The van der Waals surface area contributed by atoms with E-state index < -0.39 is 0 Å². The number of fused-ring (bicyclic) bond motifs is 24. The summed E-state index contributed by atoms with van der Waals surface area (Å²) in [6.07, 6.45) is 0.865. The number of benzene rings is 25. The van der Waals surface area contributed by atoms with E-state index in [4.69, 9.17) is 28.2 Å². The van der Waals surface area contributed by atoms with E-state index in [1.807, 2.05) is 18.2 Å². The molecule has 31 rings (SSSR count). The van der Waals surface area contributed by atoms with E-state index >= 15 is 0 Å². The summed E-state index contributed by atoms with van der Waals surface area (Å²) in [6.45, 7) is 4.23. The molecule has 0 amide bonds. The highest BCUT2D eigenvalue weighted by Crippen LogP contribution is 2.52. The van der Waals surface area contributed by atoms with Crippen molar-refractivity contribution in [3.05, 3.63) is 497 Å². The minimum absolute atomic E-state index is 0.865. The molecule has 0 unspecified atom stereocenters. The molecule has 6 heterocycles. The summed E-state index contributed by atoms with van der Waals surface area (Å²) in [6, 6.07) is 174. The Balaban J connectivity index is 0.000000104. The highest BCUT2D eigenvalue weighted by molar-refractivity contribution is 6.28. The normalized spacial score (nSPS) is 11.9. The molecule has 25 aromatic carbocycles. The summed E-state index contributed by atoms with van der Waals surface area (Å²) in [5.74, 6) is 2.98. The zero-order chi connectivity index (χ0) is 97.0. The Kier molecular flexibility index (Phi) is 19.7. The quantitative estimate of drug-likeness (QED) is 0.120. The Labute approximate surface area is 844 Å². The zero-order valence-corrected chi connectivity index (χ0v) is 80.3. The first-order valence-electron chi connectivity index (χ1n) is 50.4. The lowest BCUT2D eigenvalue weighted by atomic mass is 9.86. The van der Waals surface area contributed by atoms with Crippen molar-refractivity contribution in [2.24, 2.45) is 0 Å². The number of aromatic nitrogens is 6. The number of hydrogen-bond acceptors (Lipinski definition) is 6. The lowest BCUT2D eigenvalue weighted by Gasteiger charge is -2.18. The second-order valence-electron chi connectivity index (χ2n) is 38.4. The molecule has 0 N–H and O–H groups in total. The van der Waals surface area contributed by atoms with Crippen LogP contribution in [0.5, 0.6) is 0 Å². The minimum atomic E-state index is 0.865. The average molecular weight is 1880 g/mol. The third-order valence-electron chi connectivity index (χ3n) is 30.3. The number of imidazole rings is 3. The van der Waals surface area contributed by atoms with Gasteiger partial charge in [0.05, 0.1) is 33.1 Å². The second-order valence-corrected chi connectivity index (χ2v) is 38.4. The summed E-state index contributed by atoms with van der Waals surface area (Å²) >= 11 is 0. The molecule has 0 aliphatic rings. The van der Waals surface area contributed by atoms with Gasteiger partial charge in [-0.2, -0.15) is 0 Å². The molecule has 0 saturated heterocycles. The second kappa shape index (κ2) is 34.2. The number of nitrogens with zero attached hydrogens (tertiary/aromatic N) is 6. The van der Waals surface area contributed by atoms with Gasteiger partial charge >= 0.3 is 0 Å². The first-order chi connectivity index (χ1) is 72.8. The van der Waals surface area contributed by atoms with Gasteiger partial charge < -0.3 is 13.3 Å². The van der Waals surface area contributed by atoms with E-state index in [1.54, 1.807) is 0 Å². The Morgan fingerprint density at radius 2 is 0.449 bits per heavy atom. The Morgan fingerprint density at radius 3 is 0.789 bits per heavy atom. The third kappa shape index (κ3) is 13.7. The molecule has 9 nitrogen and oxygen atoms in total. The average Bonchev–Trinajstić information content (AvgIpc) is 1.72. The van der Waals surface area contributed by atoms with E-state index in [9.17, 15) is 0 Å². The standard InChI is InChI=1S/C49H30N2O.C45H30N2O.C44H28N2O/c1-2-13-33(14-3-1)49-50-42-20-10-11-21-43(42)51(49)35-26-22-32(23-27-35)46-37-16-6-8-18-39(37)47(40-19-9-7-17-38(40)46)34-24-28-41-45(30-34)52-44-29-25-31-12-4-5-15-36(31)48(41)44;1-2-42-46-38-17-9-10-18-39(38)47(42)31-23-19-29(20-24-31)43-33-13-5-7-15-35(33)44(36-16-8-6-14-34(36)43)30-21-25-37-41(27-30)48-40-26-22-28-11-3-4-12-32(28)45(37)40;1-27-45-38-16-8-9-17-39(38)46(27)31-22-18-29(19-23-31)42-33-12-4-6-14-35(33)43(36-15-7-5-13-34(36)42)30-20-24-37-41(26-30)47-40-25-21-28-10-2-3-11-32(28)44(37)40/h1-30H;3-27H,2H2,1H3;2-26H,1H3. The van der Waals surface area contributed by atoms with Crippen molar-refractivity contribution < 1.29 is 13.3 Å². The number of hydrogen-bond donors (Lipinski definition) is 0. The number of rotatable bonds is 11. The minimum Gasteiger partial charge on any atom is -0.456 e. The molecule has 6 aromatic heterocycles. The molecular formula is C138H88N6O3. The van der Waals surface area contributed by atoms with Crippen LogP contribution >= 0.6 is 0 Å². The summed E-state index contributed by atoms with van der Waals surface area (Å²) in [7, 11) is 0. The molecule has 147 heavy (non-hydrogen) atoms. The summed E-state index contributed by atoms with van der Waals surface area (Å²) < 4.78 is 26.4. The third-order valence-corrected chi connectivity index (χ3v) is 30.3.